The van der Waals surface area contributed by atoms with E-state index >= 15 is 0 Å². The summed E-state index contributed by atoms with van der Waals surface area (Å²) in [6.07, 6.45) is 3.40. The van der Waals surface area contributed by atoms with Crippen molar-refractivity contribution in [3.8, 4) is 5.75 Å². The first-order valence-electron chi connectivity index (χ1n) is 8.33. The molecule has 2 nitrogen and oxygen atoms in total. The van der Waals surface area contributed by atoms with E-state index in [1.54, 1.807) is 7.11 Å². The number of methoxy groups -OCH3 is 1. The SMILES string of the molecule is COc1c(C)cc(N=C2CCCc3cc(C)c(C)cc32)cc1C. The Balaban J connectivity index is 2.07. The molecule has 120 valence electrons. The van der Waals surface area contributed by atoms with Gasteiger partial charge in [0.15, 0.2) is 0 Å². The van der Waals surface area contributed by atoms with Gasteiger partial charge in [0.2, 0.25) is 0 Å². The van der Waals surface area contributed by atoms with Crippen molar-refractivity contribution in [1.82, 2.24) is 0 Å². The number of ether oxygens (including phenoxy) is 1. The van der Waals surface area contributed by atoms with E-state index in [4.69, 9.17) is 9.73 Å². The molecule has 0 bridgehead atoms. The van der Waals surface area contributed by atoms with Crippen molar-refractivity contribution in [2.45, 2.75) is 47.0 Å². The molecule has 0 saturated heterocycles. The lowest BCUT2D eigenvalue weighted by molar-refractivity contribution is 0.408. The molecule has 0 N–H and O–H groups in total. The number of hydrogen-bond acceptors (Lipinski definition) is 2. The maximum Gasteiger partial charge on any atom is 0.124 e. The predicted molar refractivity (Wildman–Crippen MR) is 97.5 cm³/mol. The Hall–Kier alpha value is -2.09. The summed E-state index contributed by atoms with van der Waals surface area (Å²) in [6.45, 7) is 8.54. The minimum absolute atomic E-state index is 0.962. The number of benzene rings is 2. The zero-order valence-electron chi connectivity index (χ0n) is 14.8. The molecule has 2 aromatic rings. The highest BCUT2D eigenvalue weighted by molar-refractivity contribution is 6.04. The molecule has 0 spiro atoms. The lowest BCUT2D eigenvalue weighted by atomic mass is 9.87. The molecule has 1 aliphatic carbocycles. The standard InChI is InChI=1S/C21H25NO/c1-13-9-17-7-6-8-20(19(17)12-14(13)2)22-18-10-15(3)21(23-5)16(4)11-18/h9-12H,6-8H2,1-5H3. The summed E-state index contributed by atoms with van der Waals surface area (Å²) in [5, 5.41) is 0. The van der Waals surface area contributed by atoms with Gasteiger partial charge in [0.05, 0.1) is 12.8 Å². The van der Waals surface area contributed by atoms with E-state index in [1.165, 1.54) is 34.4 Å². The van der Waals surface area contributed by atoms with Gasteiger partial charge in [0, 0.05) is 5.71 Å². The molecule has 0 fully saturated rings. The fraction of sp³-hybridized carbons (Fsp3) is 0.381. The van der Waals surface area contributed by atoms with Crippen molar-refractivity contribution in [3.63, 3.8) is 0 Å². The van der Waals surface area contributed by atoms with Gasteiger partial charge in [-0.25, -0.2) is 0 Å². The van der Waals surface area contributed by atoms with E-state index in [-0.39, 0.29) is 0 Å². The van der Waals surface area contributed by atoms with Gasteiger partial charge in [-0.05, 0) is 98.5 Å². The number of rotatable bonds is 2. The van der Waals surface area contributed by atoms with Crippen LogP contribution in [0.1, 0.15) is 46.2 Å². The minimum Gasteiger partial charge on any atom is -0.496 e. The van der Waals surface area contributed by atoms with E-state index in [9.17, 15) is 0 Å². The van der Waals surface area contributed by atoms with Gasteiger partial charge in [-0.15, -0.1) is 0 Å². The van der Waals surface area contributed by atoms with Crippen LogP contribution in [0.5, 0.6) is 5.75 Å². The molecule has 0 aliphatic heterocycles. The highest BCUT2D eigenvalue weighted by atomic mass is 16.5. The normalized spacial score (nSPS) is 15.6. The molecular weight excluding hydrogens is 282 g/mol. The molecule has 23 heavy (non-hydrogen) atoms. The first kappa shape index (κ1) is 15.8. The third-order valence-electron chi connectivity index (χ3n) is 4.80. The van der Waals surface area contributed by atoms with Crippen LogP contribution in [-0.4, -0.2) is 12.8 Å². The zero-order chi connectivity index (χ0) is 16.6. The smallest absolute Gasteiger partial charge is 0.124 e. The molecule has 0 aromatic heterocycles. The summed E-state index contributed by atoms with van der Waals surface area (Å²) in [6, 6.07) is 8.89. The molecule has 3 rings (SSSR count). The van der Waals surface area contributed by atoms with E-state index in [1.807, 2.05) is 0 Å². The van der Waals surface area contributed by atoms with Gasteiger partial charge in [-0.3, -0.25) is 4.99 Å². The molecule has 0 radical (unpaired) electrons. The Morgan fingerprint density at radius 2 is 1.48 bits per heavy atom. The van der Waals surface area contributed by atoms with Crippen molar-refractivity contribution in [3.05, 3.63) is 57.6 Å². The second-order valence-electron chi connectivity index (χ2n) is 6.62. The highest BCUT2D eigenvalue weighted by Gasteiger charge is 2.17. The Kier molecular flexibility index (Phi) is 4.25. The van der Waals surface area contributed by atoms with E-state index in [0.717, 1.165) is 35.4 Å². The molecule has 2 heteroatoms. The average Bonchev–Trinajstić information content (AvgIpc) is 2.49. The van der Waals surface area contributed by atoms with E-state index < -0.39 is 0 Å². The van der Waals surface area contributed by atoms with Crippen LogP contribution in [0.2, 0.25) is 0 Å². The maximum absolute atomic E-state index is 5.46. The number of nitrogens with zero attached hydrogens (tertiary/aromatic N) is 1. The van der Waals surface area contributed by atoms with Crippen LogP contribution in [0.4, 0.5) is 5.69 Å². The monoisotopic (exact) mass is 307 g/mol. The molecule has 0 atom stereocenters. The molecular formula is C21H25NO. The Labute approximate surface area is 139 Å². The summed E-state index contributed by atoms with van der Waals surface area (Å²) in [7, 11) is 1.73. The summed E-state index contributed by atoms with van der Waals surface area (Å²) in [5.74, 6) is 0.962. The van der Waals surface area contributed by atoms with Crippen molar-refractivity contribution in [1.29, 1.82) is 0 Å². The van der Waals surface area contributed by atoms with Crippen LogP contribution < -0.4 is 4.74 Å². The Bertz CT molecular complexity index is 764. The predicted octanol–water partition coefficient (Wildman–Crippen LogP) is 5.39. The number of aliphatic imine (C=N–C) groups is 1. The van der Waals surface area contributed by atoms with Gasteiger partial charge in [0.25, 0.3) is 0 Å². The van der Waals surface area contributed by atoms with Gasteiger partial charge in [-0.2, -0.15) is 0 Å². The number of fused-ring (bicyclic) bond motifs is 1. The fourth-order valence-corrected chi connectivity index (χ4v) is 3.52. The van der Waals surface area contributed by atoms with Gasteiger partial charge in [0.1, 0.15) is 5.75 Å². The molecule has 1 aliphatic rings. The first-order chi connectivity index (χ1) is 11.0. The lowest BCUT2D eigenvalue weighted by Crippen LogP contribution is -2.12. The Morgan fingerprint density at radius 3 is 2.13 bits per heavy atom. The fourth-order valence-electron chi connectivity index (χ4n) is 3.52. The maximum atomic E-state index is 5.46. The number of aryl methyl sites for hydroxylation is 5. The van der Waals surface area contributed by atoms with Crippen LogP contribution in [-0.2, 0) is 6.42 Å². The van der Waals surface area contributed by atoms with Crippen molar-refractivity contribution >= 4 is 11.4 Å². The quantitative estimate of drug-likeness (QED) is 0.729. The molecule has 2 aromatic carbocycles. The average molecular weight is 307 g/mol. The molecule has 0 saturated carbocycles. The summed E-state index contributed by atoms with van der Waals surface area (Å²) < 4.78 is 5.46. The van der Waals surface area contributed by atoms with E-state index in [2.05, 4.69) is 52.0 Å². The number of hydrogen-bond donors (Lipinski definition) is 0. The van der Waals surface area contributed by atoms with Crippen LogP contribution in [0.3, 0.4) is 0 Å². The summed E-state index contributed by atoms with van der Waals surface area (Å²) in [5.41, 5.74) is 10.0. The van der Waals surface area contributed by atoms with Crippen molar-refractivity contribution < 1.29 is 4.74 Å². The van der Waals surface area contributed by atoms with Crippen LogP contribution >= 0.6 is 0 Å². The largest absolute Gasteiger partial charge is 0.496 e. The third kappa shape index (κ3) is 3.03. The topological polar surface area (TPSA) is 21.6 Å². The summed E-state index contributed by atoms with van der Waals surface area (Å²) >= 11 is 0. The van der Waals surface area contributed by atoms with Crippen LogP contribution in [0, 0.1) is 27.7 Å². The van der Waals surface area contributed by atoms with Crippen LogP contribution in [0.25, 0.3) is 0 Å². The Morgan fingerprint density at radius 1 is 0.826 bits per heavy atom. The molecule has 0 unspecified atom stereocenters. The van der Waals surface area contributed by atoms with Crippen molar-refractivity contribution in [2.75, 3.05) is 7.11 Å². The third-order valence-corrected chi connectivity index (χ3v) is 4.80. The van der Waals surface area contributed by atoms with Crippen molar-refractivity contribution in [2.24, 2.45) is 4.99 Å². The minimum atomic E-state index is 0.962. The zero-order valence-corrected chi connectivity index (χ0v) is 14.8. The second kappa shape index (κ2) is 6.19. The molecule has 0 amide bonds. The summed E-state index contributed by atoms with van der Waals surface area (Å²) in [4.78, 5) is 4.99. The van der Waals surface area contributed by atoms with Gasteiger partial charge in [-0.1, -0.05) is 6.07 Å². The second-order valence-corrected chi connectivity index (χ2v) is 6.62. The van der Waals surface area contributed by atoms with E-state index in [0.29, 0.717) is 0 Å². The van der Waals surface area contributed by atoms with Crippen LogP contribution in [0.15, 0.2) is 29.3 Å². The lowest BCUT2D eigenvalue weighted by Gasteiger charge is -2.20. The van der Waals surface area contributed by atoms with Gasteiger partial charge >= 0.3 is 0 Å². The molecule has 0 heterocycles. The highest BCUT2D eigenvalue weighted by Crippen LogP contribution is 2.31. The van der Waals surface area contributed by atoms with Gasteiger partial charge < -0.3 is 4.74 Å². The first-order valence-corrected chi connectivity index (χ1v) is 8.33.